The second-order valence-corrected chi connectivity index (χ2v) is 13.7. The minimum Gasteiger partial charge on any atom is -0.465 e. The summed E-state index contributed by atoms with van der Waals surface area (Å²) in [6, 6.07) is 29.0. The van der Waals surface area contributed by atoms with Crippen LogP contribution >= 0.6 is 0 Å². The number of amidine groups is 1. The zero-order valence-corrected chi connectivity index (χ0v) is 29.4. The number of nitrogens with two attached hydrogens (primary N) is 2. The molecule has 5 aromatic rings. The van der Waals surface area contributed by atoms with Gasteiger partial charge in [-0.1, -0.05) is 92.8 Å². The first-order valence-electron chi connectivity index (χ1n) is 18.0. The lowest BCUT2D eigenvalue weighted by atomic mass is 9.87. The number of esters is 1. The number of hydrogen-bond acceptors (Lipinski definition) is 6. The van der Waals surface area contributed by atoms with Gasteiger partial charge in [-0.25, -0.2) is 9.78 Å². The van der Waals surface area contributed by atoms with E-state index in [0.717, 1.165) is 76.4 Å². The minimum atomic E-state index is -0.397. The summed E-state index contributed by atoms with van der Waals surface area (Å²) in [5.41, 5.74) is 19.2. The van der Waals surface area contributed by atoms with Crippen molar-refractivity contribution in [2.45, 2.75) is 77.5 Å². The molecule has 1 fully saturated rings. The van der Waals surface area contributed by atoms with Crippen molar-refractivity contribution in [3.63, 3.8) is 0 Å². The number of nitrogen functional groups attached to an aromatic ring is 1. The Balaban J connectivity index is 1.28. The third kappa shape index (κ3) is 8.91. The molecule has 51 heavy (non-hydrogen) atoms. The lowest BCUT2D eigenvalue weighted by molar-refractivity contribution is 0.0600. The number of methoxy groups -OCH3 is 1. The van der Waals surface area contributed by atoms with Gasteiger partial charge >= 0.3 is 5.97 Å². The molecule has 1 amide bonds. The maximum atomic E-state index is 14.3. The standard InChI is InChI=1S/C42H48N6O3/c1-51-42(50)35-18-13-33(14-19-35)28-47(27-32-9-7-31(26-43)8-10-32)41(49)36-20-21-38-37(25-36)46-39(48(38)24-23-29-5-3-2-4-6-29)22-15-30-11-16-34(17-12-30)40(44)45/h7-14,16-21,25,29H,2-6,15,22-24,26-28,43H2,1H3,(H3,44,45). The van der Waals surface area contributed by atoms with E-state index in [1.54, 1.807) is 12.1 Å². The van der Waals surface area contributed by atoms with Gasteiger partial charge in [0.05, 0.1) is 23.7 Å². The van der Waals surface area contributed by atoms with Crippen LogP contribution in [0.3, 0.4) is 0 Å². The van der Waals surface area contributed by atoms with Crippen molar-refractivity contribution in [3.05, 3.63) is 136 Å². The molecule has 4 aromatic carbocycles. The maximum Gasteiger partial charge on any atom is 0.337 e. The van der Waals surface area contributed by atoms with E-state index in [4.69, 9.17) is 26.6 Å². The first-order chi connectivity index (χ1) is 24.8. The molecule has 264 valence electrons. The van der Waals surface area contributed by atoms with Gasteiger partial charge in [0.2, 0.25) is 0 Å². The number of aryl methyl sites for hydroxylation is 3. The Bertz CT molecular complexity index is 1960. The fraction of sp³-hybridized carbons (Fsp3) is 0.333. The molecule has 1 saturated carbocycles. The summed E-state index contributed by atoms with van der Waals surface area (Å²) in [7, 11) is 1.36. The monoisotopic (exact) mass is 684 g/mol. The number of benzene rings is 4. The van der Waals surface area contributed by atoms with Gasteiger partial charge in [0.1, 0.15) is 11.7 Å². The predicted molar refractivity (Wildman–Crippen MR) is 201 cm³/mol. The number of imidazole rings is 1. The molecule has 1 aromatic heterocycles. The van der Waals surface area contributed by atoms with Gasteiger partial charge < -0.3 is 25.7 Å². The largest absolute Gasteiger partial charge is 0.465 e. The Morgan fingerprint density at radius 3 is 2.02 bits per heavy atom. The Morgan fingerprint density at radius 2 is 1.39 bits per heavy atom. The highest BCUT2D eigenvalue weighted by Crippen LogP contribution is 2.29. The van der Waals surface area contributed by atoms with Crippen molar-refractivity contribution in [3.8, 4) is 0 Å². The molecule has 9 nitrogen and oxygen atoms in total. The fourth-order valence-electron chi connectivity index (χ4n) is 7.12. The predicted octanol–water partition coefficient (Wildman–Crippen LogP) is 7.16. The molecule has 6 rings (SSSR count). The molecule has 0 spiro atoms. The average Bonchev–Trinajstić information content (AvgIpc) is 3.52. The molecule has 9 heteroatoms. The Morgan fingerprint density at radius 1 is 0.804 bits per heavy atom. The van der Waals surface area contributed by atoms with Gasteiger partial charge in [-0.2, -0.15) is 0 Å². The molecule has 0 aliphatic heterocycles. The average molecular weight is 685 g/mol. The molecule has 0 radical (unpaired) electrons. The number of nitrogens with zero attached hydrogens (tertiary/aromatic N) is 3. The summed E-state index contributed by atoms with van der Waals surface area (Å²) < 4.78 is 7.22. The number of carbonyl (C=O) groups excluding carboxylic acids is 2. The van der Waals surface area contributed by atoms with Crippen LogP contribution in [-0.2, 0) is 43.8 Å². The SMILES string of the molecule is COC(=O)c1ccc(CN(Cc2ccc(CN)cc2)C(=O)c2ccc3c(c2)nc(CCc2ccc(C(=N)N)cc2)n3CCC2CCCCC2)cc1. The second kappa shape index (κ2) is 16.6. The second-order valence-electron chi connectivity index (χ2n) is 13.7. The van der Waals surface area contributed by atoms with Crippen molar-refractivity contribution < 1.29 is 14.3 Å². The number of fused-ring (bicyclic) bond motifs is 1. The summed E-state index contributed by atoms with van der Waals surface area (Å²) in [4.78, 5) is 33.3. The normalized spacial score (nSPS) is 13.3. The molecular weight excluding hydrogens is 637 g/mol. The summed E-state index contributed by atoms with van der Waals surface area (Å²) in [5.74, 6) is 1.32. The highest BCUT2D eigenvalue weighted by molar-refractivity contribution is 5.97. The van der Waals surface area contributed by atoms with Gasteiger partial charge in [-0.15, -0.1) is 0 Å². The van der Waals surface area contributed by atoms with Crippen molar-refractivity contribution >= 4 is 28.7 Å². The summed E-state index contributed by atoms with van der Waals surface area (Å²) >= 11 is 0. The van der Waals surface area contributed by atoms with E-state index in [-0.39, 0.29) is 11.7 Å². The lowest BCUT2D eigenvalue weighted by Crippen LogP contribution is -2.30. The number of hydrogen-bond donors (Lipinski definition) is 3. The van der Waals surface area contributed by atoms with Crippen molar-refractivity contribution in [1.82, 2.24) is 14.5 Å². The van der Waals surface area contributed by atoms with E-state index in [9.17, 15) is 9.59 Å². The van der Waals surface area contributed by atoms with E-state index in [0.29, 0.717) is 30.8 Å². The van der Waals surface area contributed by atoms with E-state index in [2.05, 4.69) is 10.6 Å². The van der Waals surface area contributed by atoms with Crippen LogP contribution in [0.1, 0.15) is 92.9 Å². The highest BCUT2D eigenvalue weighted by Gasteiger charge is 2.21. The van der Waals surface area contributed by atoms with Crippen LogP contribution < -0.4 is 11.5 Å². The van der Waals surface area contributed by atoms with Crippen molar-refractivity contribution in [1.29, 1.82) is 5.41 Å². The Labute approximate surface area is 300 Å². The van der Waals surface area contributed by atoms with E-state index >= 15 is 0 Å². The van der Waals surface area contributed by atoms with Gasteiger partial charge in [-0.3, -0.25) is 10.2 Å². The number of aromatic nitrogens is 2. The van der Waals surface area contributed by atoms with Crippen molar-refractivity contribution in [2.75, 3.05) is 7.11 Å². The van der Waals surface area contributed by atoms with Gasteiger partial charge in [0, 0.05) is 43.7 Å². The molecule has 5 N–H and O–H groups in total. The van der Waals surface area contributed by atoms with Crippen LogP contribution in [0.2, 0.25) is 0 Å². The van der Waals surface area contributed by atoms with Gasteiger partial charge in [0.15, 0.2) is 0 Å². The number of amides is 1. The third-order valence-corrected chi connectivity index (χ3v) is 10.1. The van der Waals surface area contributed by atoms with E-state index < -0.39 is 5.97 Å². The summed E-state index contributed by atoms with van der Waals surface area (Å²) in [6.07, 6.45) is 9.23. The molecule has 1 aliphatic rings. The zero-order chi connectivity index (χ0) is 35.7. The number of nitrogens with one attached hydrogen (secondary N) is 1. The van der Waals surface area contributed by atoms with Crippen molar-refractivity contribution in [2.24, 2.45) is 17.4 Å². The number of rotatable bonds is 14. The van der Waals surface area contributed by atoms with E-state index in [1.807, 2.05) is 77.7 Å². The van der Waals surface area contributed by atoms with Crippen LogP contribution in [0.25, 0.3) is 11.0 Å². The Hall–Kier alpha value is -5.28. The van der Waals surface area contributed by atoms with Crippen LogP contribution in [0.15, 0.2) is 91.0 Å². The van der Waals surface area contributed by atoms with Gasteiger partial charge in [-0.05, 0) is 71.3 Å². The third-order valence-electron chi connectivity index (χ3n) is 10.1. The highest BCUT2D eigenvalue weighted by atomic mass is 16.5. The maximum absolute atomic E-state index is 14.3. The molecule has 0 atom stereocenters. The Kier molecular flexibility index (Phi) is 11.6. The lowest BCUT2D eigenvalue weighted by Gasteiger charge is -2.24. The quantitative estimate of drug-likeness (QED) is 0.0644. The molecule has 0 saturated heterocycles. The molecular formula is C42H48N6O3. The first kappa shape index (κ1) is 35.5. The topological polar surface area (TPSA) is 140 Å². The molecule has 0 bridgehead atoms. The zero-order valence-electron chi connectivity index (χ0n) is 29.4. The minimum absolute atomic E-state index is 0.0657. The van der Waals surface area contributed by atoms with Crippen LogP contribution in [0.4, 0.5) is 0 Å². The van der Waals surface area contributed by atoms with Crippen LogP contribution in [0, 0.1) is 11.3 Å². The molecule has 0 unspecified atom stereocenters. The summed E-state index contributed by atoms with van der Waals surface area (Å²) in [5, 5.41) is 7.71. The van der Waals surface area contributed by atoms with Crippen LogP contribution in [0.5, 0.6) is 0 Å². The van der Waals surface area contributed by atoms with E-state index in [1.165, 1.54) is 39.2 Å². The fourth-order valence-corrected chi connectivity index (χ4v) is 7.12. The molecule has 1 heterocycles. The number of ether oxygens (including phenoxy) is 1. The smallest absolute Gasteiger partial charge is 0.337 e. The van der Waals surface area contributed by atoms with Crippen LogP contribution in [-0.4, -0.2) is 39.3 Å². The molecule has 1 aliphatic carbocycles. The summed E-state index contributed by atoms with van der Waals surface area (Å²) in [6.45, 7) is 2.13. The first-order valence-corrected chi connectivity index (χ1v) is 18.0. The van der Waals surface area contributed by atoms with Gasteiger partial charge in [0.25, 0.3) is 5.91 Å². The number of carbonyl (C=O) groups is 2.